The van der Waals surface area contributed by atoms with Gasteiger partial charge in [0.15, 0.2) is 5.58 Å². The average molecular weight is 411 g/mol. The third-order valence-corrected chi connectivity index (χ3v) is 5.03. The molecule has 9 nitrogen and oxygen atoms in total. The van der Waals surface area contributed by atoms with Crippen molar-refractivity contribution in [1.29, 1.82) is 0 Å². The maximum absolute atomic E-state index is 11.5. The molecule has 0 aliphatic heterocycles. The molecule has 158 valence electrons. The predicted octanol–water partition coefficient (Wildman–Crippen LogP) is 2.11. The molecule has 0 aliphatic carbocycles. The Hall–Kier alpha value is -3.14. The highest BCUT2D eigenvalue weighted by molar-refractivity contribution is 5.80. The standard InChI is InChI=1S/C21H25N5O4/c1-28-9-7-25(8-10-29-2)13-17-20(24-19-6-4-15(22)12-26(17)19)14-3-5-16-18(11-14)30-21(27)23-16/h3-6,11-12H,7-10,13,22H2,1-2H3,(H,23,27). The maximum Gasteiger partial charge on any atom is 0.417 e. The topological polar surface area (TPSA) is 111 Å². The number of rotatable bonds is 9. The summed E-state index contributed by atoms with van der Waals surface area (Å²) in [5.41, 5.74) is 11.3. The molecule has 30 heavy (non-hydrogen) atoms. The molecule has 4 rings (SSSR count). The Morgan fingerprint density at radius 1 is 1.17 bits per heavy atom. The molecule has 3 heterocycles. The normalized spacial score (nSPS) is 11.8. The van der Waals surface area contributed by atoms with Crippen molar-refractivity contribution in [2.45, 2.75) is 6.54 Å². The number of nitrogens with one attached hydrogen (secondary N) is 1. The lowest BCUT2D eigenvalue weighted by molar-refractivity contribution is 0.109. The molecular formula is C21H25N5O4. The largest absolute Gasteiger partial charge is 0.417 e. The summed E-state index contributed by atoms with van der Waals surface area (Å²) in [7, 11) is 3.38. The maximum atomic E-state index is 11.5. The van der Waals surface area contributed by atoms with Crippen LogP contribution in [0.1, 0.15) is 5.69 Å². The van der Waals surface area contributed by atoms with Gasteiger partial charge in [0.1, 0.15) is 5.65 Å². The lowest BCUT2D eigenvalue weighted by atomic mass is 10.1. The fourth-order valence-electron chi connectivity index (χ4n) is 3.51. The summed E-state index contributed by atoms with van der Waals surface area (Å²) in [6.07, 6.45) is 1.88. The molecule has 0 unspecified atom stereocenters. The van der Waals surface area contributed by atoms with E-state index in [4.69, 9.17) is 24.6 Å². The second kappa shape index (κ2) is 8.70. The number of hydrogen-bond donors (Lipinski definition) is 2. The SMILES string of the molecule is COCCN(CCOC)Cc1c(-c2ccc3[nH]c(=O)oc3c2)nc2ccc(N)cn12. The molecule has 1 aromatic carbocycles. The van der Waals surface area contributed by atoms with Gasteiger partial charge in [-0.1, -0.05) is 6.07 Å². The van der Waals surface area contributed by atoms with Crippen LogP contribution in [0, 0.1) is 0 Å². The Morgan fingerprint density at radius 3 is 2.67 bits per heavy atom. The number of hydrogen-bond acceptors (Lipinski definition) is 7. The number of methoxy groups -OCH3 is 2. The summed E-state index contributed by atoms with van der Waals surface area (Å²) in [5.74, 6) is -0.476. The number of nitrogens with zero attached hydrogens (tertiary/aromatic N) is 3. The first-order chi connectivity index (χ1) is 14.6. The van der Waals surface area contributed by atoms with Gasteiger partial charge in [0.2, 0.25) is 0 Å². The van der Waals surface area contributed by atoms with E-state index < -0.39 is 5.76 Å². The lowest BCUT2D eigenvalue weighted by Crippen LogP contribution is -2.31. The van der Waals surface area contributed by atoms with Crippen molar-refractivity contribution < 1.29 is 13.9 Å². The summed E-state index contributed by atoms with van der Waals surface area (Å²) >= 11 is 0. The number of nitrogens with two attached hydrogens (primary N) is 1. The van der Waals surface area contributed by atoms with Gasteiger partial charge in [0.05, 0.1) is 30.1 Å². The molecule has 0 amide bonds. The fourth-order valence-corrected chi connectivity index (χ4v) is 3.51. The first-order valence-corrected chi connectivity index (χ1v) is 9.69. The second-order valence-electron chi connectivity index (χ2n) is 7.08. The molecule has 0 spiro atoms. The van der Waals surface area contributed by atoms with Crippen LogP contribution >= 0.6 is 0 Å². The van der Waals surface area contributed by atoms with Gasteiger partial charge < -0.3 is 24.0 Å². The van der Waals surface area contributed by atoms with Crippen molar-refractivity contribution in [3.8, 4) is 11.3 Å². The van der Waals surface area contributed by atoms with Crippen molar-refractivity contribution in [3.05, 3.63) is 52.8 Å². The van der Waals surface area contributed by atoms with Crippen LogP contribution in [0.15, 0.2) is 45.7 Å². The van der Waals surface area contributed by atoms with Crippen LogP contribution in [0.4, 0.5) is 5.69 Å². The first-order valence-electron chi connectivity index (χ1n) is 9.69. The molecule has 3 N–H and O–H groups in total. The number of aromatic amines is 1. The summed E-state index contributed by atoms with van der Waals surface area (Å²) in [6, 6.07) is 9.31. The molecule has 0 saturated carbocycles. The summed E-state index contributed by atoms with van der Waals surface area (Å²) in [6.45, 7) is 3.35. The summed E-state index contributed by atoms with van der Waals surface area (Å²) < 4.78 is 17.8. The number of ether oxygens (including phenoxy) is 2. The van der Waals surface area contributed by atoms with Gasteiger partial charge >= 0.3 is 5.76 Å². The zero-order chi connectivity index (χ0) is 21.1. The molecule has 9 heteroatoms. The zero-order valence-corrected chi connectivity index (χ0v) is 17.1. The van der Waals surface area contributed by atoms with Gasteiger partial charge in [0.25, 0.3) is 0 Å². The van der Waals surface area contributed by atoms with Crippen molar-refractivity contribution in [1.82, 2.24) is 19.3 Å². The van der Waals surface area contributed by atoms with Gasteiger partial charge in [-0.05, 0) is 24.3 Å². The monoisotopic (exact) mass is 411 g/mol. The minimum atomic E-state index is -0.476. The Balaban J connectivity index is 1.80. The van der Waals surface area contributed by atoms with Crippen LogP contribution in [0.3, 0.4) is 0 Å². The second-order valence-corrected chi connectivity index (χ2v) is 7.08. The number of H-pyrrole nitrogens is 1. The van der Waals surface area contributed by atoms with Gasteiger partial charge in [-0.3, -0.25) is 9.88 Å². The van der Waals surface area contributed by atoms with Crippen LogP contribution < -0.4 is 11.5 Å². The summed E-state index contributed by atoms with van der Waals surface area (Å²) in [5, 5.41) is 0. The summed E-state index contributed by atoms with van der Waals surface area (Å²) in [4.78, 5) is 21.3. The number of imidazole rings is 1. The number of benzene rings is 1. The van der Waals surface area contributed by atoms with E-state index in [0.29, 0.717) is 36.5 Å². The Morgan fingerprint density at radius 2 is 1.93 bits per heavy atom. The van der Waals surface area contributed by atoms with E-state index in [2.05, 4.69) is 9.88 Å². The number of fused-ring (bicyclic) bond motifs is 2. The Kier molecular flexibility index (Phi) is 5.84. The minimum absolute atomic E-state index is 0.476. The van der Waals surface area contributed by atoms with Crippen LogP contribution in [0.25, 0.3) is 28.0 Å². The zero-order valence-electron chi connectivity index (χ0n) is 17.1. The first kappa shape index (κ1) is 20.1. The molecule has 0 radical (unpaired) electrons. The molecule has 0 saturated heterocycles. The van der Waals surface area contributed by atoms with Crippen LogP contribution in [0.2, 0.25) is 0 Å². The van der Waals surface area contributed by atoms with Crippen molar-refractivity contribution in [2.75, 3.05) is 46.3 Å². The smallest absolute Gasteiger partial charge is 0.408 e. The van der Waals surface area contributed by atoms with Gasteiger partial charge in [-0.25, -0.2) is 9.78 Å². The van der Waals surface area contributed by atoms with Crippen LogP contribution in [-0.2, 0) is 16.0 Å². The highest BCUT2D eigenvalue weighted by atomic mass is 16.5. The average Bonchev–Trinajstić information content (AvgIpc) is 3.28. The molecule has 0 atom stereocenters. The third-order valence-electron chi connectivity index (χ3n) is 5.03. The number of oxazole rings is 1. The van der Waals surface area contributed by atoms with E-state index >= 15 is 0 Å². The quantitative estimate of drug-likeness (QED) is 0.434. The minimum Gasteiger partial charge on any atom is -0.408 e. The van der Waals surface area contributed by atoms with Crippen LogP contribution in [-0.4, -0.2) is 59.8 Å². The highest BCUT2D eigenvalue weighted by Gasteiger charge is 2.18. The number of pyridine rings is 1. The van der Waals surface area contributed by atoms with Gasteiger partial charge in [-0.15, -0.1) is 0 Å². The number of anilines is 1. The molecular weight excluding hydrogens is 386 g/mol. The van der Waals surface area contributed by atoms with Crippen LogP contribution in [0.5, 0.6) is 0 Å². The Labute approximate surface area is 173 Å². The van der Waals surface area contributed by atoms with E-state index in [1.54, 1.807) is 14.2 Å². The molecule has 0 bridgehead atoms. The van der Waals surface area contributed by atoms with E-state index in [9.17, 15) is 4.79 Å². The molecule has 4 aromatic rings. The van der Waals surface area contributed by atoms with Crippen molar-refractivity contribution in [2.24, 2.45) is 0 Å². The van der Waals surface area contributed by atoms with Crippen molar-refractivity contribution in [3.63, 3.8) is 0 Å². The van der Waals surface area contributed by atoms with E-state index in [1.165, 1.54) is 0 Å². The highest BCUT2D eigenvalue weighted by Crippen LogP contribution is 2.28. The number of aromatic nitrogens is 3. The predicted molar refractivity (Wildman–Crippen MR) is 114 cm³/mol. The molecule has 0 aliphatic rings. The lowest BCUT2D eigenvalue weighted by Gasteiger charge is -2.22. The van der Waals surface area contributed by atoms with Crippen molar-refractivity contribution >= 4 is 22.4 Å². The fraction of sp³-hybridized carbons (Fsp3) is 0.333. The third kappa shape index (κ3) is 4.09. The van der Waals surface area contributed by atoms with Gasteiger partial charge in [-0.2, -0.15) is 0 Å². The van der Waals surface area contributed by atoms with Gasteiger partial charge in [0, 0.05) is 51.3 Å². The number of nitrogen functional groups attached to an aromatic ring is 1. The van der Waals surface area contributed by atoms with E-state index in [0.717, 1.165) is 35.7 Å². The molecule has 0 fully saturated rings. The van der Waals surface area contributed by atoms with E-state index in [1.807, 2.05) is 40.9 Å². The molecule has 3 aromatic heterocycles. The Bertz CT molecular complexity index is 1200. The van der Waals surface area contributed by atoms with E-state index in [-0.39, 0.29) is 0 Å².